The largest absolute Gasteiger partial charge is 0.416 e. The van der Waals surface area contributed by atoms with Gasteiger partial charge in [0.15, 0.2) is 0 Å². The molecule has 212 valence electrons. The smallest absolute Gasteiger partial charge is 0.383 e. The van der Waals surface area contributed by atoms with E-state index in [1.165, 1.54) is 17.4 Å². The molecule has 1 aliphatic carbocycles. The van der Waals surface area contributed by atoms with Crippen molar-refractivity contribution in [3.8, 4) is 10.4 Å². The molecule has 2 aliphatic rings. The van der Waals surface area contributed by atoms with Crippen LogP contribution in [0.3, 0.4) is 0 Å². The third kappa shape index (κ3) is 6.51. The van der Waals surface area contributed by atoms with Crippen molar-refractivity contribution in [2.75, 3.05) is 19.6 Å². The maximum Gasteiger partial charge on any atom is 0.416 e. The number of nitrogens with zero attached hydrogens (tertiary/aromatic N) is 3. The third-order valence-corrected chi connectivity index (χ3v) is 8.83. The number of thiazole rings is 1. The number of rotatable bonds is 7. The first-order chi connectivity index (χ1) is 19.1. The topological polar surface area (TPSA) is 107 Å². The standard InChI is InChI=1S/C28H30F3N5O3S/c29-28(30,31)20-5-1-3-18(13-20)25(38)33-16-24(37)35-21-8-12-36(17-21)22-6-9-27(39,10-7-22)26-34-15-23(40-26)19-4-2-11-32-14-19/h1-5,11,13-15,21-22,39H,6-10,12,16-17H2,(H,33,38)(H,35,37)/t21-,22?,27?/m1/s1. The van der Waals surface area contributed by atoms with Gasteiger partial charge in [-0.1, -0.05) is 12.1 Å². The minimum atomic E-state index is -4.55. The number of carbonyl (C=O) groups excluding carboxylic acids is 2. The summed E-state index contributed by atoms with van der Waals surface area (Å²) in [5.74, 6) is -1.13. The summed E-state index contributed by atoms with van der Waals surface area (Å²) in [6, 6.07) is 8.14. The van der Waals surface area contributed by atoms with Crippen molar-refractivity contribution in [1.29, 1.82) is 0 Å². The molecule has 1 aliphatic heterocycles. The van der Waals surface area contributed by atoms with Gasteiger partial charge in [-0.15, -0.1) is 11.3 Å². The summed E-state index contributed by atoms with van der Waals surface area (Å²) in [7, 11) is 0. The zero-order valence-corrected chi connectivity index (χ0v) is 22.5. The number of hydrogen-bond donors (Lipinski definition) is 3. The molecular formula is C28H30F3N5O3S. The van der Waals surface area contributed by atoms with Gasteiger partial charge in [0.1, 0.15) is 10.6 Å². The Bertz CT molecular complexity index is 1340. The van der Waals surface area contributed by atoms with E-state index in [0.717, 1.165) is 59.5 Å². The van der Waals surface area contributed by atoms with Crippen LogP contribution < -0.4 is 10.6 Å². The van der Waals surface area contributed by atoms with E-state index in [-0.39, 0.29) is 18.2 Å². The molecule has 12 heteroatoms. The molecule has 1 atom stereocenters. The Morgan fingerprint density at radius 1 is 1.12 bits per heavy atom. The predicted octanol–water partition coefficient (Wildman–Crippen LogP) is 3.97. The fourth-order valence-electron chi connectivity index (χ4n) is 5.41. The van der Waals surface area contributed by atoms with E-state index in [4.69, 9.17) is 0 Å². The normalized spacial score (nSPS) is 23.6. The number of carbonyl (C=O) groups is 2. The predicted molar refractivity (Wildman–Crippen MR) is 143 cm³/mol. The first-order valence-corrected chi connectivity index (χ1v) is 14.0. The molecule has 40 heavy (non-hydrogen) atoms. The highest BCUT2D eigenvalue weighted by molar-refractivity contribution is 7.15. The number of aliphatic hydroxyl groups is 1. The van der Waals surface area contributed by atoms with E-state index in [9.17, 15) is 27.9 Å². The first-order valence-electron chi connectivity index (χ1n) is 13.2. The summed E-state index contributed by atoms with van der Waals surface area (Å²) in [6.07, 6.45) is 4.33. The Balaban J connectivity index is 1.07. The van der Waals surface area contributed by atoms with Crippen LogP contribution in [-0.4, -0.2) is 63.5 Å². The Labute approximate surface area is 233 Å². The summed E-state index contributed by atoms with van der Waals surface area (Å²) in [4.78, 5) is 36.7. The van der Waals surface area contributed by atoms with Crippen LogP contribution in [0.25, 0.3) is 10.4 Å². The van der Waals surface area contributed by atoms with Gasteiger partial charge in [-0.25, -0.2) is 4.98 Å². The highest BCUT2D eigenvalue weighted by Gasteiger charge is 2.40. The number of likely N-dealkylation sites (tertiary alicyclic amines) is 1. The highest BCUT2D eigenvalue weighted by atomic mass is 32.1. The second-order valence-corrected chi connectivity index (χ2v) is 11.4. The van der Waals surface area contributed by atoms with Crippen molar-refractivity contribution in [1.82, 2.24) is 25.5 Å². The molecule has 8 nitrogen and oxygen atoms in total. The number of nitrogens with one attached hydrogen (secondary N) is 2. The molecule has 1 aromatic carbocycles. The molecular weight excluding hydrogens is 543 g/mol. The lowest BCUT2D eigenvalue weighted by Crippen LogP contribution is -2.45. The van der Waals surface area contributed by atoms with Crippen LogP contribution in [0.15, 0.2) is 55.0 Å². The maximum atomic E-state index is 12.9. The molecule has 2 amide bonds. The Morgan fingerprint density at radius 3 is 2.65 bits per heavy atom. The van der Waals surface area contributed by atoms with E-state index < -0.39 is 29.2 Å². The van der Waals surface area contributed by atoms with E-state index in [1.54, 1.807) is 18.6 Å². The molecule has 0 unspecified atom stereocenters. The van der Waals surface area contributed by atoms with Gasteiger partial charge in [-0.3, -0.25) is 19.5 Å². The zero-order valence-electron chi connectivity index (χ0n) is 21.7. The molecule has 0 bridgehead atoms. The minimum absolute atomic E-state index is 0.0835. The van der Waals surface area contributed by atoms with Crippen molar-refractivity contribution in [2.24, 2.45) is 0 Å². The average Bonchev–Trinajstić information content (AvgIpc) is 3.63. The van der Waals surface area contributed by atoms with Gasteiger partial charge < -0.3 is 15.7 Å². The van der Waals surface area contributed by atoms with Gasteiger partial charge in [-0.05, 0) is 56.4 Å². The summed E-state index contributed by atoms with van der Waals surface area (Å²) in [5.41, 5.74) is -1.05. The molecule has 3 N–H and O–H groups in total. The number of hydrogen-bond acceptors (Lipinski definition) is 7. The first kappa shape index (κ1) is 28.2. The molecule has 3 heterocycles. The summed E-state index contributed by atoms with van der Waals surface area (Å²) < 4.78 is 38.7. The quantitative estimate of drug-likeness (QED) is 0.395. The molecule has 0 radical (unpaired) electrons. The van der Waals surface area contributed by atoms with Gasteiger partial charge in [-0.2, -0.15) is 13.2 Å². The van der Waals surface area contributed by atoms with E-state index in [2.05, 4.69) is 25.5 Å². The number of aromatic nitrogens is 2. The van der Waals surface area contributed by atoms with Crippen LogP contribution in [0.2, 0.25) is 0 Å². The number of halogens is 3. The van der Waals surface area contributed by atoms with Crippen molar-refractivity contribution in [3.63, 3.8) is 0 Å². The Hall–Kier alpha value is -3.35. The van der Waals surface area contributed by atoms with Crippen molar-refractivity contribution < 1.29 is 27.9 Å². The molecule has 1 saturated carbocycles. The molecule has 2 fully saturated rings. The van der Waals surface area contributed by atoms with Crippen LogP contribution >= 0.6 is 11.3 Å². The van der Waals surface area contributed by atoms with Gasteiger partial charge in [0.05, 0.1) is 17.0 Å². The molecule has 1 saturated heterocycles. The van der Waals surface area contributed by atoms with Crippen LogP contribution in [0.5, 0.6) is 0 Å². The summed E-state index contributed by atoms with van der Waals surface area (Å²) >= 11 is 1.50. The monoisotopic (exact) mass is 573 g/mol. The highest BCUT2D eigenvalue weighted by Crippen LogP contribution is 2.42. The van der Waals surface area contributed by atoms with Gasteiger partial charge >= 0.3 is 6.18 Å². The molecule has 5 rings (SSSR count). The minimum Gasteiger partial charge on any atom is -0.383 e. The lowest BCUT2D eigenvalue weighted by Gasteiger charge is -2.38. The van der Waals surface area contributed by atoms with E-state index >= 15 is 0 Å². The number of amides is 2. The molecule has 2 aromatic heterocycles. The summed E-state index contributed by atoms with van der Waals surface area (Å²) in [6.45, 7) is 1.16. The number of pyridine rings is 1. The number of benzene rings is 1. The third-order valence-electron chi connectivity index (χ3n) is 7.59. The van der Waals surface area contributed by atoms with Gasteiger partial charge in [0, 0.05) is 54.9 Å². The van der Waals surface area contributed by atoms with Crippen LogP contribution in [-0.2, 0) is 16.6 Å². The van der Waals surface area contributed by atoms with E-state index in [0.29, 0.717) is 25.4 Å². The Morgan fingerprint density at radius 2 is 1.93 bits per heavy atom. The van der Waals surface area contributed by atoms with E-state index in [1.807, 2.05) is 12.1 Å². The van der Waals surface area contributed by atoms with Crippen molar-refractivity contribution >= 4 is 23.2 Å². The summed E-state index contributed by atoms with van der Waals surface area (Å²) in [5, 5.41) is 17.4. The van der Waals surface area contributed by atoms with Crippen molar-refractivity contribution in [2.45, 2.75) is 56.0 Å². The fourth-order valence-corrected chi connectivity index (χ4v) is 6.46. The number of alkyl halides is 3. The average molecular weight is 574 g/mol. The van der Waals surface area contributed by atoms with Crippen LogP contribution in [0.4, 0.5) is 13.2 Å². The van der Waals surface area contributed by atoms with Crippen molar-refractivity contribution in [3.05, 3.63) is 71.1 Å². The Kier molecular flexibility index (Phi) is 8.20. The zero-order chi connectivity index (χ0) is 28.3. The van der Waals surface area contributed by atoms with Gasteiger partial charge in [0.2, 0.25) is 5.91 Å². The van der Waals surface area contributed by atoms with Crippen LogP contribution in [0.1, 0.15) is 53.0 Å². The molecule has 3 aromatic rings. The van der Waals surface area contributed by atoms with Crippen LogP contribution in [0, 0.1) is 0 Å². The maximum absolute atomic E-state index is 12.9. The fraction of sp³-hybridized carbons (Fsp3) is 0.429. The SMILES string of the molecule is O=C(CNC(=O)c1cccc(C(F)(F)F)c1)N[C@@H]1CCN(C2CCC(O)(c3ncc(-c4cccnc4)s3)CC2)C1. The lowest BCUT2D eigenvalue weighted by molar-refractivity contribution is -0.137. The van der Waals surface area contributed by atoms with Gasteiger partial charge in [0.25, 0.3) is 5.91 Å². The lowest BCUT2D eigenvalue weighted by atomic mass is 9.82. The second-order valence-electron chi connectivity index (χ2n) is 10.3. The second kappa shape index (κ2) is 11.6. The molecule has 0 spiro atoms.